The molecule has 1 fully saturated rings. The predicted octanol–water partition coefficient (Wildman–Crippen LogP) is 3.38. The van der Waals surface area contributed by atoms with E-state index < -0.39 is 17.2 Å². The molecular weight excluding hydrogens is 350 g/mol. The maximum absolute atomic E-state index is 14.4. The van der Waals surface area contributed by atoms with Gasteiger partial charge in [-0.3, -0.25) is 0 Å². The van der Waals surface area contributed by atoms with Crippen LogP contribution in [0.2, 0.25) is 0 Å². The highest BCUT2D eigenvalue weighted by Crippen LogP contribution is 2.41. The summed E-state index contributed by atoms with van der Waals surface area (Å²) in [4.78, 5) is 16.3. The summed E-state index contributed by atoms with van der Waals surface area (Å²) in [6, 6.07) is 12.2. The SMILES string of the molecule is O=C(N1CCC1)N1CC(c2cc(F)ccc2F)=CC1(CO)c1ccccc1. The summed E-state index contributed by atoms with van der Waals surface area (Å²) in [6.45, 7) is 1.08. The average molecular weight is 370 g/mol. The second kappa shape index (κ2) is 6.78. The molecule has 0 spiro atoms. The van der Waals surface area contributed by atoms with Crippen LogP contribution >= 0.6 is 0 Å². The Bertz CT molecular complexity index is 896. The van der Waals surface area contributed by atoms with E-state index in [4.69, 9.17) is 0 Å². The number of carbonyl (C=O) groups is 1. The maximum Gasteiger partial charge on any atom is 0.321 e. The van der Waals surface area contributed by atoms with Gasteiger partial charge in [-0.05, 0) is 41.8 Å². The fourth-order valence-electron chi connectivity index (χ4n) is 3.73. The lowest BCUT2D eigenvalue weighted by Gasteiger charge is -2.42. The van der Waals surface area contributed by atoms with Crippen molar-refractivity contribution in [3.63, 3.8) is 0 Å². The van der Waals surface area contributed by atoms with Crippen molar-refractivity contribution >= 4 is 11.6 Å². The molecule has 2 amide bonds. The Morgan fingerprint density at radius 2 is 1.85 bits per heavy atom. The number of nitrogens with zero attached hydrogens (tertiary/aromatic N) is 2. The molecule has 0 aromatic heterocycles. The standard InChI is InChI=1S/C21H20F2N2O2/c22-17-7-8-19(23)18(11-17)15-12-21(14-26,16-5-2-1-3-6-16)25(13-15)20(27)24-9-4-10-24/h1-3,5-8,11-12,26H,4,9-10,13-14H2. The van der Waals surface area contributed by atoms with Crippen LogP contribution in [-0.2, 0) is 5.54 Å². The van der Waals surface area contributed by atoms with Gasteiger partial charge in [0.1, 0.15) is 17.2 Å². The molecule has 4 nitrogen and oxygen atoms in total. The molecule has 1 N–H and O–H groups in total. The van der Waals surface area contributed by atoms with Gasteiger partial charge in [0.2, 0.25) is 0 Å². The highest BCUT2D eigenvalue weighted by Gasteiger charge is 2.46. The molecule has 0 bridgehead atoms. The van der Waals surface area contributed by atoms with Gasteiger partial charge in [0.25, 0.3) is 0 Å². The van der Waals surface area contributed by atoms with Crippen LogP contribution in [0.4, 0.5) is 13.6 Å². The van der Waals surface area contributed by atoms with Crippen molar-refractivity contribution in [1.82, 2.24) is 9.80 Å². The molecule has 4 rings (SSSR count). The van der Waals surface area contributed by atoms with E-state index >= 15 is 0 Å². The molecule has 0 aliphatic carbocycles. The van der Waals surface area contributed by atoms with Crippen LogP contribution in [0.5, 0.6) is 0 Å². The molecule has 1 saturated heterocycles. The van der Waals surface area contributed by atoms with Gasteiger partial charge < -0.3 is 14.9 Å². The Morgan fingerprint density at radius 1 is 1.11 bits per heavy atom. The van der Waals surface area contributed by atoms with Crippen LogP contribution in [0, 0.1) is 11.6 Å². The van der Waals surface area contributed by atoms with Crippen molar-refractivity contribution in [2.75, 3.05) is 26.2 Å². The summed E-state index contributed by atoms with van der Waals surface area (Å²) in [5.74, 6) is -1.10. The van der Waals surface area contributed by atoms with E-state index in [2.05, 4.69) is 0 Å². The molecule has 0 saturated carbocycles. The number of urea groups is 1. The normalized spacial score (nSPS) is 21.8. The molecule has 2 heterocycles. The molecule has 0 radical (unpaired) electrons. The first-order valence-electron chi connectivity index (χ1n) is 8.95. The first-order chi connectivity index (χ1) is 13.0. The number of likely N-dealkylation sites (tertiary alicyclic amines) is 1. The summed E-state index contributed by atoms with van der Waals surface area (Å²) < 4.78 is 28.1. The Morgan fingerprint density at radius 3 is 2.48 bits per heavy atom. The largest absolute Gasteiger partial charge is 0.393 e. The number of halogens is 2. The monoisotopic (exact) mass is 370 g/mol. The number of aliphatic hydroxyl groups is 1. The van der Waals surface area contributed by atoms with E-state index in [1.807, 2.05) is 30.3 Å². The van der Waals surface area contributed by atoms with Crippen LogP contribution in [-0.4, -0.2) is 47.2 Å². The third-order valence-electron chi connectivity index (χ3n) is 5.37. The van der Waals surface area contributed by atoms with Gasteiger partial charge >= 0.3 is 6.03 Å². The zero-order chi connectivity index (χ0) is 19.0. The first kappa shape index (κ1) is 17.7. The topological polar surface area (TPSA) is 43.8 Å². The smallest absolute Gasteiger partial charge is 0.321 e. The quantitative estimate of drug-likeness (QED) is 0.900. The van der Waals surface area contributed by atoms with Crippen LogP contribution in [0.25, 0.3) is 5.57 Å². The lowest BCUT2D eigenvalue weighted by atomic mass is 9.89. The number of rotatable bonds is 3. The Kier molecular flexibility index (Phi) is 4.44. The highest BCUT2D eigenvalue weighted by atomic mass is 19.1. The summed E-state index contributed by atoms with van der Waals surface area (Å²) in [5, 5.41) is 10.3. The summed E-state index contributed by atoms with van der Waals surface area (Å²) in [5.41, 5.74) is 0.219. The van der Waals surface area contributed by atoms with Crippen molar-refractivity contribution in [3.05, 3.63) is 77.4 Å². The van der Waals surface area contributed by atoms with Gasteiger partial charge in [-0.2, -0.15) is 0 Å². The number of hydrogen-bond acceptors (Lipinski definition) is 2. The summed E-state index contributed by atoms with van der Waals surface area (Å²) in [7, 11) is 0. The lowest BCUT2D eigenvalue weighted by Crippen LogP contribution is -2.56. The van der Waals surface area contributed by atoms with Crippen molar-refractivity contribution < 1.29 is 18.7 Å². The van der Waals surface area contributed by atoms with Gasteiger partial charge in [-0.25, -0.2) is 13.6 Å². The highest BCUT2D eigenvalue weighted by molar-refractivity contribution is 5.84. The fourth-order valence-corrected chi connectivity index (χ4v) is 3.73. The van der Waals surface area contributed by atoms with Crippen molar-refractivity contribution in [1.29, 1.82) is 0 Å². The Hall–Kier alpha value is -2.73. The van der Waals surface area contributed by atoms with Gasteiger partial charge in [0.05, 0.1) is 6.61 Å². The van der Waals surface area contributed by atoms with E-state index in [0.29, 0.717) is 18.7 Å². The second-order valence-electron chi connectivity index (χ2n) is 6.95. The molecule has 140 valence electrons. The van der Waals surface area contributed by atoms with Crippen LogP contribution < -0.4 is 0 Å². The van der Waals surface area contributed by atoms with E-state index in [9.17, 15) is 18.7 Å². The third-order valence-corrected chi connectivity index (χ3v) is 5.37. The molecule has 1 unspecified atom stereocenters. The molecule has 6 heteroatoms. The van der Waals surface area contributed by atoms with Crippen LogP contribution in [0.15, 0.2) is 54.6 Å². The minimum absolute atomic E-state index is 0.102. The average Bonchev–Trinajstić information content (AvgIpc) is 3.04. The molecule has 2 aromatic rings. The van der Waals surface area contributed by atoms with Gasteiger partial charge in [-0.15, -0.1) is 0 Å². The van der Waals surface area contributed by atoms with Crippen molar-refractivity contribution in [3.8, 4) is 0 Å². The number of benzene rings is 2. The second-order valence-corrected chi connectivity index (χ2v) is 6.95. The lowest BCUT2D eigenvalue weighted by molar-refractivity contribution is 0.0698. The van der Waals surface area contributed by atoms with E-state index in [-0.39, 0.29) is 24.7 Å². The van der Waals surface area contributed by atoms with Gasteiger partial charge in [0, 0.05) is 25.2 Å². The van der Waals surface area contributed by atoms with E-state index in [0.717, 1.165) is 30.2 Å². The van der Waals surface area contributed by atoms with E-state index in [1.54, 1.807) is 15.9 Å². The number of aliphatic hydroxyl groups excluding tert-OH is 1. The first-order valence-corrected chi connectivity index (χ1v) is 8.95. The van der Waals surface area contributed by atoms with Crippen LogP contribution in [0.1, 0.15) is 17.5 Å². The molecule has 2 aromatic carbocycles. The predicted molar refractivity (Wildman–Crippen MR) is 97.8 cm³/mol. The molecule has 2 aliphatic rings. The van der Waals surface area contributed by atoms with Gasteiger partial charge in [0.15, 0.2) is 0 Å². The fraction of sp³-hybridized carbons (Fsp3) is 0.286. The van der Waals surface area contributed by atoms with Crippen molar-refractivity contribution in [2.24, 2.45) is 0 Å². The van der Waals surface area contributed by atoms with Crippen LogP contribution in [0.3, 0.4) is 0 Å². The minimum Gasteiger partial charge on any atom is -0.393 e. The number of hydrogen-bond donors (Lipinski definition) is 1. The number of amides is 2. The van der Waals surface area contributed by atoms with E-state index in [1.165, 1.54) is 0 Å². The van der Waals surface area contributed by atoms with Gasteiger partial charge in [-0.1, -0.05) is 30.3 Å². The Labute approximate surface area is 156 Å². The third kappa shape index (κ3) is 2.90. The zero-order valence-corrected chi connectivity index (χ0v) is 14.7. The minimum atomic E-state index is -1.11. The molecule has 2 aliphatic heterocycles. The molecule has 27 heavy (non-hydrogen) atoms. The maximum atomic E-state index is 14.4. The number of carbonyl (C=O) groups excluding carboxylic acids is 1. The van der Waals surface area contributed by atoms with Crippen molar-refractivity contribution in [2.45, 2.75) is 12.0 Å². The Balaban J connectivity index is 1.83. The zero-order valence-electron chi connectivity index (χ0n) is 14.7. The summed E-state index contributed by atoms with van der Waals surface area (Å²) >= 11 is 0. The molecular formula is C21H20F2N2O2. The summed E-state index contributed by atoms with van der Waals surface area (Å²) in [6.07, 6.45) is 2.63. The molecule has 1 atom stereocenters.